The summed E-state index contributed by atoms with van der Waals surface area (Å²) >= 11 is 8.52. The third-order valence-corrected chi connectivity index (χ3v) is 4.93. The van der Waals surface area contributed by atoms with E-state index in [9.17, 15) is 4.79 Å². The first-order chi connectivity index (χ1) is 10.3. The number of ether oxygens (including phenoxy) is 1. The summed E-state index contributed by atoms with van der Waals surface area (Å²) in [6.07, 6.45) is 3.12. The lowest BCUT2D eigenvalue weighted by Gasteiger charge is -2.34. The Morgan fingerprint density at radius 3 is 2.68 bits per heavy atom. The highest BCUT2D eigenvalue weighted by Gasteiger charge is 2.25. The molecule has 2 rings (SSSR count). The lowest BCUT2D eigenvalue weighted by molar-refractivity contribution is 0.0497. The molecule has 0 aromatic carbocycles. The number of carbonyl (C=O) groups is 1. The van der Waals surface area contributed by atoms with Gasteiger partial charge >= 0.3 is 6.09 Å². The Balaban J connectivity index is 1.88. The lowest BCUT2D eigenvalue weighted by atomic mass is 10.1. The Hall–Kier alpha value is -0.760. The summed E-state index contributed by atoms with van der Waals surface area (Å²) in [5.41, 5.74) is -0.469. The molecule has 0 bridgehead atoms. The van der Waals surface area contributed by atoms with E-state index in [0.29, 0.717) is 5.02 Å². The maximum absolute atomic E-state index is 11.8. The van der Waals surface area contributed by atoms with E-state index < -0.39 is 5.60 Å². The van der Waals surface area contributed by atoms with Crippen molar-refractivity contribution in [2.75, 3.05) is 18.0 Å². The molecular formula is C15H21ClIN3O2. The van der Waals surface area contributed by atoms with Gasteiger partial charge in [0.05, 0.1) is 5.02 Å². The number of aromatic nitrogens is 1. The van der Waals surface area contributed by atoms with Crippen molar-refractivity contribution in [1.29, 1.82) is 0 Å². The predicted molar refractivity (Wildman–Crippen MR) is 96.6 cm³/mol. The molecule has 1 fully saturated rings. The zero-order valence-corrected chi connectivity index (χ0v) is 15.9. The molecule has 122 valence electrons. The highest BCUT2D eigenvalue weighted by atomic mass is 127. The molecule has 0 aliphatic carbocycles. The van der Waals surface area contributed by atoms with E-state index >= 15 is 0 Å². The highest BCUT2D eigenvalue weighted by molar-refractivity contribution is 14.1. The van der Waals surface area contributed by atoms with E-state index in [4.69, 9.17) is 16.3 Å². The lowest BCUT2D eigenvalue weighted by Crippen LogP contribution is -2.46. The number of hydrogen-bond acceptors (Lipinski definition) is 4. The van der Waals surface area contributed by atoms with Crippen LogP contribution in [-0.4, -0.2) is 35.8 Å². The van der Waals surface area contributed by atoms with Crippen molar-refractivity contribution in [3.8, 4) is 0 Å². The predicted octanol–water partition coefficient (Wildman–Crippen LogP) is 3.83. The molecule has 0 atom stereocenters. The fraction of sp³-hybridized carbons (Fsp3) is 0.600. The summed E-state index contributed by atoms with van der Waals surface area (Å²) in [7, 11) is 0. The minimum absolute atomic E-state index is 0.132. The van der Waals surface area contributed by atoms with Gasteiger partial charge in [0, 0.05) is 28.9 Å². The summed E-state index contributed by atoms with van der Waals surface area (Å²) in [6.45, 7) is 7.21. The van der Waals surface area contributed by atoms with Crippen LogP contribution >= 0.6 is 34.2 Å². The largest absolute Gasteiger partial charge is 0.444 e. The average Bonchev–Trinajstić information content (AvgIpc) is 2.41. The standard InChI is InChI=1S/C15H21ClIN3O2/c1-15(2,3)22-14(21)19-10-5-8-20(9-6-10)13-12(16)11(17)4-7-18-13/h4,7,10H,5-6,8-9H2,1-3H3,(H,19,21). The Labute approximate surface area is 149 Å². The van der Waals surface area contributed by atoms with Crippen molar-refractivity contribution in [2.24, 2.45) is 0 Å². The van der Waals surface area contributed by atoms with E-state index in [2.05, 4.69) is 37.8 Å². The molecule has 2 heterocycles. The molecular weight excluding hydrogens is 417 g/mol. The Morgan fingerprint density at radius 2 is 2.09 bits per heavy atom. The SMILES string of the molecule is CC(C)(C)OC(=O)NC1CCN(c2nccc(I)c2Cl)CC1. The van der Waals surface area contributed by atoms with Crippen LogP contribution in [0.2, 0.25) is 5.02 Å². The van der Waals surface area contributed by atoms with Crippen molar-refractivity contribution in [1.82, 2.24) is 10.3 Å². The third kappa shape index (κ3) is 4.87. The zero-order valence-electron chi connectivity index (χ0n) is 13.0. The van der Waals surface area contributed by atoms with Crippen LogP contribution in [-0.2, 0) is 4.74 Å². The van der Waals surface area contributed by atoms with Gasteiger partial charge in [-0.05, 0) is 62.3 Å². The maximum Gasteiger partial charge on any atom is 0.407 e. The summed E-state index contributed by atoms with van der Waals surface area (Å²) in [4.78, 5) is 18.3. The first-order valence-corrected chi connectivity index (χ1v) is 8.76. The zero-order chi connectivity index (χ0) is 16.3. The van der Waals surface area contributed by atoms with Crippen LogP contribution in [0.3, 0.4) is 0 Å². The molecule has 1 aromatic heterocycles. The molecule has 1 N–H and O–H groups in total. The van der Waals surface area contributed by atoms with E-state index in [1.54, 1.807) is 6.20 Å². The van der Waals surface area contributed by atoms with Crippen LogP contribution < -0.4 is 10.2 Å². The van der Waals surface area contributed by atoms with Gasteiger partial charge in [-0.3, -0.25) is 0 Å². The number of piperidine rings is 1. The Kier molecular flexibility index (Phi) is 5.76. The average molecular weight is 438 g/mol. The van der Waals surface area contributed by atoms with Crippen LogP contribution in [0.15, 0.2) is 12.3 Å². The minimum atomic E-state index is -0.469. The van der Waals surface area contributed by atoms with Gasteiger partial charge in [0.25, 0.3) is 0 Å². The fourth-order valence-electron chi connectivity index (χ4n) is 2.34. The van der Waals surface area contributed by atoms with E-state index in [1.807, 2.05) is 26.8 Å². The van der Waals surface area contributed by atoms with Crippen molar-refractivity contribution in [3.63, 3.8) is 0 Å². The van der Waals surface area contributed by atoms with Crippen LogP contribution in [0, 0.1) is 3.57 Å². The molecule has 1 aliphatic heterocycles. The van der Waals surface area contributed by atoms with Crippen molar-refractivity contribution >= 4 is 46.1 Å². The van der Waals surface area contributed by atoms with Gasteiger partial charge in [-0.2, -0.15) is 0 Å². The number of amides is 1. The normalized spacial score (nSPS) is 16.5. The van der Waals surface area contributed by atoms with E-state index in [-0.39, 0.29) is 12.1 Å². The van der Waals surface area contributed by atoms with Crippen molar-refractivity contribution in [2.45, 2.75) is 45.3 Å². The molecule has 0 unspecified atom stereocenters. The maximum atomic E-state index is 11.8. The summed E-state index contributed by atoms with van der Waals surface area (Å²) in [6, 6.07) is 2.02. The monoisotopic (exact) mass is 437 g/mol. The van der Waals surface area contributed by atoms with Crippen LogP contribution in [0.5, 0.6) is 0 Å². The van der Waals surface area contributed by atoms with Crippen LogP contribution in [0.4, 0.5) is 10.6 Å². The number of nitrogens with one attached hydrogen (secondary N) is 1. The number of halogens is 2. The second kappa shape index (κ2) is 7.21. The number of anilines is 1. The van der Waals surface area contributed by atoms with Gasteiger partial charge in [0.2, 0.25) is 0 Å². The van der Waals surface area contributed by atoms with Gasteiger partial charge in [0.1, 0.15) is 11.4 Å². The Bertz CT molecular complexity index is 540. The first-order valence-electron chi connectivity index (χ1n) is 7.31. The van der Waals surface area contributed by atoms with Gasteiger partial charge in [-0.1, -0.05) is 11.6 Å². The molecule has 0 saturated carbocycles. The smallest absolute Gasteiger partial charge is 0.407 e. The van der Waals surface area contributed by atoms with Gasteiger partial charge in [0.15, 0.2) is 0 Å². The summed E-state index contributed by atoms with van der Waals surface area (Å²) < 4.78 is 6.29. The molecule has 7 heteroatoms. The number of pyridine rings is 1. The summed E-state index contributed by atoms with van der Waals surface area (Å²) in [5.74, 6) is 0.823. The van der Waals surface area contributed by atoms with Crippen LogP contribution in [0.1, 0.15) is 33.6 Å². The highest BCUT2D eigenvalue weighted by Crippen LogP contribution is 2.29. The Morgan fingerprint density at radius 1 is 1.45 bits per heavy atom. The van der Waals surface area contributed by atoms with E-state index in [0.717, 1.165) is 35.3 Å². The van der Waals surface area contributed by atoms with Gasteiger partial charge in [-0.25, -0.2) is 9.78 Å². The second-order valence-electron chi connectivity index (χ2n) is 6.34. The molecule has 1 amide bonds. The molecule has 22 heavy (non-hydrogen) atoms. The van der Waals surface area contributed by atoms with Crippen molar-refractivity contribution in [3.05, 3.63) is 20.9 Å². The molecule has 1 aromatic rings. The molecule has 5 nitrogen and oxygen atoms in total. The topological polar surface area (TPSA) is 54.5 Å². The number of nitrogens with zero attached hydrogens (tertiary/aromatic N) is 2. The number of carbonyl (C=O) groups excluding carboxylic acids is 1. The second-order valence-corrected chi connectivity index (χ2v) is 7.88. The fourth-order valence-corrected chi connectivity index (χ4v) is 2.97. The van der Waals surface area contributed by atoms with Crippen LogP contribution in [0.25, 0.3) is 0 Å². The molecule has 1 aliphatic rings. The first kappa shape index (κ1) is 17.6. The molecule has 0 spiro atoms. The summed E-state index contributed by atoms with van der Waals surface area (Å²) in [5, 5.41) is 3.63. The van der Waals surface area contributed by atoms with Crippen molar-refractivity contribution < 1.29 is 9.53 Å². The number of rotatable bonds is 2. The van der Waals surface area contributed by atoms with E-state index in [1.165, 1.54) is 0 Å². The van der Waals surface area contributed by atoms with Gasteiger partial charge in [-0.15, -0.1) is 0 Å². The third-order valence-electron chi connectivity index (χ3n) is 3.34. The molecule has 0 radical (unpaired) electrons. The number of hydrogen-bond donors (Lipinski definition) is 1. The molecule has 1 saturated heterocycles. The van der Waals surface area contributed by atoms with Gasteiger partial charge < -0.3 is 15.0 Å². The quantitative estimate of drug-likeness (QED) is 0.715. The number of alkyl carbamates (subject to hydrolysis) is 1. The minimum Gasteiger partial charge on any atom is -0.444 e.